The van der Waals surface area contributed by atoms with Gasteiger partial charge in [-0.15, -0.1) is 0 Å². The van der Waals surface area contributed by atoms with Crippen LogP contribution in [0, 0.1) is 0 Å². The fourth-order valence-electron chi connectivity index (χ4n) is 3.26. The summed E-state index contributed by atoms with van der Waals surface area (Å²) in [7, 11) is 0. The van der Waals surface area contributed by atoms with Gasteiger partial charge in [0.2, 0.25) is 0 Å². The van der Waals surface area contributed by atoms with Crippen LogP contribution in [0.2, 0.25) is 0 Å². The van der Waals surface area contributed by atoms with Gasteiger partial charge in [0.15, 0.2) is 0 Å². The molecule has 1 aliphatic heterocycles. The molecule has 1 aromatic rings. The van der Waals surface area contributed by atoms with Crippen molar-refractivity contribution in [1.82, 2.24) is 4.90 Å². The molecule has 1 aliphatic rings. The molecule has 1 fully saturated rings. The number of alkyl halides is 3. The summed E-state index contributed by atoms with van der Waals surface area (Å²) in [4.78, 5) is 12.8. The van der Waals surface area contributed by atoms with Gasteiger partial charge in [0, 0.05) is 18.0 Å². The Labute approximate surface area is 127 Å². The zero-order valence-electron chi connectivity index (χ0n) is 12.7. The first-order valence-corrected chi connectivity index (χ1v) is 7.26. The van der Waals surface area contributed by atoms with Gasteiger partial charge < -0.3 is 5.11 Å². The van der Waals surface area contributed by atoms with Crippen LogP contribution in [0.25, 0.3) is 0 Å². The van der Waals surface area contributed by atoms with E-state index in [1.54, 1.807) is 0 Å². The normalized spacial score (nSPS) is 22.0. The molecule has 0 radical (unpaired) electrons. The summed E-state index contributed by atoms with van der Waals surface area (Å²) in [5.41, 5.74) is -0.0412. The lowest BCUT2D eigenvalue weighted by Crippen LogP contribution is -2.42. The van der Waals surface area contributed by atoms with E-state index in [1.807, 2.05) is 13.8 Å². The van der Waals surface area contributed by atoms with Crippen molar-refractivity contribution in [2.45, 2.75) is 44.3 Å². The minimum absolute atomic E-state index is 0.0726. The zero-order valence-corrected chi connectivity index (χ0v) is 12.7. The topological polar surface area (TPSA) is 40.5 Å². The van der Waals surface area contributed by atoms with Crippen LogP contribution >= 0.6 is 0 Å². The third-order valence-corrected chi connectivity index (χ3v) is 4.59. The van der Waals surface area contributed by atoms with Crippen LogP contribution in [0.1, 0.15) is 43.7 Å². The second-order valence-electron chi connectivity index (χ2n) is 6.25. The number of halogens is 3. The third kappa shape index (κ3) is 3.43. The van der Waals surface area contributed by atoms with E-state index in [1.165, 1.54) is 12.1 Å². The van der Waals surface area contributed by atoms with Crippen molar-refractivity contribution in [2.24, 2.45) is 0 Å². The molecule has 0 aliphatic carbocycles. The van der Waals surface area contributed by atoms with Gasteiger partial charge in [-0.25, -0.2) is 0 Å². The molecule has 1 unspecified atom stereocenters. The van der Waals surface area contributed by atoms with Crippen LogP contribution in [0.4, 0.5) is 13.2 Å². The number of hydrogen-bond acceptors (Lipinski definition) is 2. The zero-order chi connectivity index (χ0) is 16.5. The summed E-state index contributed by atoms with van der Waals surface area (Å²) < 4.78 is 37.9. The Bertz CT molecular complexity index is 537. The molecule has 1 saturated heterocycles. The first-order chi connectivity index (χ1) is 10.1. The summed E-state index contributed by atoms with van der Waals surface area (Å²) >= 11 is 0. The quantitative estimate of drug-likeness (QED) is 0.920. The van der Waals surface area contributed by atoms with Crippen molar-refractivity contribution in [3.8, 4) is 0 Å². The van der Waals surface area contributed by atoms with Crippen molar-refractivity contribution < 1.29 is 23.1 Å². The van der Waals surface area contributed by atoms with Gasteiger partial charge >= 0.3 is 12.1 Å². The molecule has 0 amide bonds. The van der Waals surface area contributed by atoms with Crippen LogP contribution in [-0.2, 0) is 11.0 Å². The highest BCUT2D eigenvalue weighted by Crippen LogP contribution is 2.42. The molecule has 0 saturated carbocycles. The number of aliphatic carboxylic acids is 1. The highest BCUT2D eigenvalue weighted by atomic mass is 19.4. The Kier molecular flexibility index (Phi) is 4.52. The van der Waals surface area contributed by atoms with Crippen LogP contribution < -0.4 is 0 Å². The summed E-state index contributed by atoms with van der Waals surface area (Å²) in [6.07, 6.45) is -3.43. The van der Waals surface area contributed by atoms with E-state index in [2.05, 4.69) is 4.90 Å². The van der Waals surface area contributed by atoms with Crippen LogP contribution in [0.5, 0.6) is 0 Å². The molecular weight excluding hydrogens is 295 g/mol. The molecule has 0 aromatic heterocycles. The largest absolute Gasteiger partial charge is 0.481 e. The molecule has 122 valence electrons. The maximum Gasteiger partial charge on any atom is 0.416 e. The molecule has 1 N–H and O–H groups in total. The summed E-state index contributed by atoms with van der Waals surface area (Å²) in [5, 5.41) is 8.80. The van der Waals surface area contributed by atoms with Crippen LogP contribution in [0.3, 0.4) is 0 Å². The van der Waals surface area contributed by atoms with E-state index in [4.69, 9.17) is 5.11 Å². The highest BCUT2D eigenvalue weighted by Gasteiger charge is 2.42. The first kappa shape index (κ1) is 16.8. The van der Waals surface area contributed by atoms with Gasteiger partial charge in [0.25, 0.3) is 0 Å². The van der Waals surface area contributed by atoms with Crippen LogP contribution in [-0.4, -0.2) is 34.6 Å². The van der Waals surface area contributed by atoms with E-state index in [9.17, 15) is 18.0 Å². The average molecular weight is 315 g/mol. The van der Waals surface area contributed by atoms with Gasteiger partial charge in [0.1, 0.15) is 0 Å². The number of likely N-dealkylation sites (tertiary alicyclic amines) is 1. The summed E-state index contributed by atoms with van der Waals surface area (Å²) in [6, 6.07) is 5.31. The number of carboxylic acid groups (broad SMARTS) is 1. The predicted octanol–water partition coefficient (Wildman–Crippen LogP) is 3.75. The van der Waals surface area contributed by atoms with Gasteiger partial charge in [-0.1, -0.05) is 12.1 Å². The summed E-state index contributed by atoms with van der Waals surface area (Å²) in [6.45, 7) is 5.25. The van der Waals surface area contributed by atoms with Crippen molar-refractivity contribution >= 4 is 5.97 Å². The molecule has 2 rings (SSSR count). The highest BCUT2D eigenvalue weighted by molar-refractivity contribution is 5.66. The Balaban J connectivity index is 2.14. The Morgan fingerprint density at radius 3 is 2.41 bits per heavy atom. The second kappa shape index (κ2) is 5.91. The van der Waals surface area contributed by atoms with Crippen molar-refractivity contribution in [3.63, 3.8) is 0 Å². The molecule has 6 heteroatoms. The molecule has 1 aromatic carbocycles. The standard InChI is InChI=1S/C16H20F3NO2/c1-15(2)13(7-9-20(15)10-8-14(21)22)11-3-5-12(6-4-11)16(17,18)19/h3-6,13H,7-10H2,1-2H3,(H,21,22). The van der Waals surface area contributed by atoms with Crippen LogP contribution in [0.15, 0.2) is 24.3 Å². The van der Waals surface area contributed by atoms with Crippen molar-refractivity contribution in [2.75, 3.05) is 13.1 Å². The van der Waals surface area contributed by atoms with Crippen molar-refractivity contribution in [3.05, 3.63) is 35.4 Å². The number of rotatable bonds is 4. The molecule has 0 spiro atoms. The van der Waals surface area contributed by atoms with E-state index in [0.717, 1.165) is 30.7 Å². The predicted molar refractivity (Wildman–Crippen MR) is 76.7 cm³/mol. The Morgan fingerprint density at radius 2 is 1.91 bits per heavy atom. The lowest BCUT2D eigenvalue weighted by Gasteiger charge is -2.36. The molecule has 0 bridgehead atoms. The molecule has 3 nitrogen and oxygen atoms in total. The molecule has 22 heavy (non-hydrogen) atoms. The maximum atomic E-state index is 12.6. The number of benzene rings is 1. The molecular formula is C16H20F3NO2. The lowest BCUT2D eigenvalue weighted by atomic mass is 9.82. The fraction of sp³-hybridized carbons (Fsp3) is 0.562. The second-order valence-corrected chi connectivity index (χ2v) is 6.25. The number of hydrogen-bond donors (Lipinski definition) is 1. The monoisotopic (exact) mass is 315 g/mol. The van der Waals surface area contributed by atoms with E-state index >= 15 is 0 Å². The van der Waals surface area contributed by atoms with E-state index < -0.39 is 17.7 Å². The Hall–Kier alpha value is -1.56. The lowest BCUT2D eigenvalue weighted by molar-refractivity contribution is -0.138. The molecule has 1 heterocycles. The number of carbonyl (C=O) groups is 1. The maximum absolute atomic E-state index is 12.6. The van der Waals surface area contributed by atoms with Crippen molar-refractivity contribution in [1.29, 1.82) is 0 Å². The Morgan fingerprint density at radius 1 is 1.32 bits per heavy atom. The average Bonchev–Trinajstić information content (AvgIpc) is 2.70. The number of carboxylic acids is 1. The van der Waals surface area contributed by atoms with Gasteiger partial charge in [-0.3, -0.25) is 9.69 Å². The minimum Gasteiger partial charge on any atom is -0.481 e. The first-order valence-electron chi connectivity index (χ1n) is 7.26. The SMILES string of the molecule is CC1(C)C(c2ccc(C(F)(F)F)cc2)CCN1CCC(=O)O. The van der Waals surface area contributed by atoms with Gasteiger partial charge in [-0.05, 0) is 44.5 Å². The fourth-order valence-corrected chi connectivity index (χ4v) is 3.26. The van der Waals surface area contributed by atoms with Gasteiger partial charge in [0.05, 0.1) is 12.0 Å². The van der Waals surface area contributed by atoms with E-state index in [0.29, 0.717) is 6.54 Å². The van der Waals surface area contributed by atoms with E-state index in [-0.39, 0.29) is 17.9 Å². The minimum atomic E-state index is -4.32. The number of nitrogens with zero attached hydrogens (tertiary/aromatic N) is 1. The van der Waals surface area contributed by atoms with Gasteiger partial charge in [-0.2, -0.15) is 13.2 Å². The smallest absolute Gasteiger partial charge is 0.416 e. The molecule has 1 atom stereocenters. The summed E-state index contributed by atoms with van der Waals surface area (Å²) in [5.74, 6) is -0.739. The third-order valence-electron chi connectivity index (χ3n) is 4.59.